The van der Waals surface area contributed by atoms with Crippen LogP contribution in [0.1, 0.15) is 45.4 Å². The number of amides is 2. The van der Waals surface area contributed by atoms with Crippen LogP contribution in [0, 0.1) is 0 Å². The Bertz CT molecular complexity index is 353. The van der Waals surface area contributed by atoms with E-state index in [1.165, 1.54) is 6.42 Å². The minimum absolute atomic E-state index is 0.0149. The Morgan fingerprint density at radius 2 is 2.00 bits per heavy atom. The van der Waals surface area contributed by atoms with Crippen molar-refractivity contribution in [3.05, 3.63) is 0 Å². The Labute approximate surface area is 119 Å². The van der Waals surface area contributed by atoms with E-state index in [-0.39, 0.29) is 24.4 Å². The summed E-state index contributed by atoms with van der Waals surface area (Å²) in [5, 5.41) is 3.00. The van der Waals surface area contributed by atoms with E-state index in [2.05, 4.69) is 12.2 Å². The summed E-state index contributed by atoms with van der Waals surface area (Å²) >= 11 is 1.74. The highest BCUT2D eigenvalue weighted by atomic mass is 32.2. The molecule has 1 atom stereocenters. The first-order valence-corrected chi connectivity index (χ1v) is 8.63. The summed E-state index contributed by atoms with van der Waals surface area (Å²) in [4.78, 5) is 26.7. The molecule has 2 aliphatic rings. The van der Waals surface area contributed by atoms with Crippen LogP contribution in [-0.2, 0) is 9.59 Å². The third kappa shape index (κ3) is 2.91. The first-order valence-electron chi connectivity index (χ1n) is 7.24. The summed E-state index contributed by atoms with van der Waals surface area (Å²) in [7, 11) is 0. The number of hydrogen-bond acceptors (Lipinski definition) is 3. The number of rotatable bonds is 4. The summed E-state index contributed by atoms with van der Waals surface area (Å²) in [6.07, 6.45) is 7.84. The molecule has 4 nitrogen and oxygen atoms in total. The SMILES string of the molecule is CCC(CSC)N1CC(=O)NC2(CCCCC2)C1=O. The molecule has 0 radical (unpaired) electrons. The lowest BCUT2D eigenvalue weighted by molar-refractivity contribution is -0.153. The Kier molecular flexibility index (Phi) is 4.76. The third-order valence-corrected chi connectivity index (χ3v) is 5.06. The van der Waals surface area contributed by atoms with Gasteiger partial charge in [-0.1, -0.05) is 26.2 Å². The topological polar surface area (TPSA) is 49.4 Å². The van der Waals surface area contributed by atoms with Crippen LogP contribution in [-0.4, -0.2) is 46.8 Å². The number of thioether (sulfide) groups is 1. The summed E-state index contributed by atoms with van der Waals surface area (Å²) in [6, 6.07) is 0.187. The van der Waals surface area contributed by atoms with Crippen LogP contribution in [0.2, 0.25) is 0 Å². The second-order valence-corrected chi connectivity index (χ2v) is 6.55. The molecule has 1 saturated carbocycles. The van der Waals surface area contributed by atoms with Crippen molar-refractivity contribution in [2.24, 2.45) is 0 Å². The number of carbonyl (C=O) groups is 2. The quantitative estimate of drug-likeness (QED) is 0.856. The monoisotopic (exact) mass is 284 g/mol. The van der Waals surface area contributed by atoms with Gasteiger partial charge in [0.15, 0.2) is 0 Å². The van der Waals surface area contributed by atoms with Crippen LogP contribution in [0.25, 0.3) is 0 Å². The minimum Gasteiger partial charge on any atom is -0.340 e. The molecule has 0 aromatic carbocycles. The van der Waals surface area contributed by atoms with Crippen molar-refractivity contribution in [2.75, 3.05) is 18.6 Å². The molecule has 1 aliphatic carbocycles. The molecule has 1 saturated heterocycles. The lowest BCUT2D eigenvalue weighted by atomic mass is 9.79. The van der Waals surface area contributed by atoms with Gasteiger partial charge >= 0.3 is 0 Å². The van der Waals surface area contributed by atoms with E-state index < -0.39 is 5.54 Å². The average molecular weight is 284 g/mol. The third-order valence-electron chi connectivity index (χ3n) is 4.34. The van der Waals surface area contributed by atoms with Crippen molar-refractivity contribution in [2.45, 2.75) is 57.0 Å². The number of piperazine rings is 1. The second kappa shape index (κ2) is 6.16. The highest BCUT2D eigenvalue weighted by molar-refractivity contribution is 7.98. The van der Waals surface area contributed by atoms with Gasteiger partial charge in [0, 0.05) is 11.8 Å². The lowest BCUT2D eigenvalue weighted by Crippen LogP contribution is -2.69. The van der Waals surface area contributed by atoms with Crippen LogP contribution in [0.4, 0.5) is 0 Å². The molecule has 1 spiro atoms. The van der Waals surface area contributed by atoms with Crippen LogP contribution in [0.15, 0.2) is 0 Å². The van der Waals surface area contributed by atoms with E-state index in [9.17, 15) is 9.59 Å². The Morgan fingerprint density at radius 1 is 1.32 bits per heavy atom. The molecule has 2 rings (SSSR count). The van der Waals surface area contributed by atoms with Crippen LogP contribution in [0.3, 0.4) is 0 Å². The predicted molar refractivity (Wildman–Crippen MR) is 78.1 cm³/mol. The zero-order valence-electron chi connectivity index (χ0n) is 11.9. The molecule has 1 unspecified atom stereocenters. The normalized spacial score (nSPS) is 24.4. The van der Waals surface area contributed by atoms with Crippen LogP contribution < -0.4 is 5.32 Å². The molecule has 0 bridgehead atoms. The molecule has 0 aromatic rings. The maximum Gasteiger partial charge on any atom is 0.249 e. The Morgan fingerprint density at radius 3 is 2.58 bits per heavy atom. The predicted octanol–water partition coefficient (Wildman–Crippen LogP) is 1.79. The molecule has 5 heteroatoms. The molecule has 2 amide bonds. The molecule has 2 fully saturated rings. The van der Waals surface area contributed by atoms with Gasteiger partial charge in [0.1, 0.15) is 5.54 Å². The van der Waals surface area contributed by atoms with Crippen molar-refractivity contribution in [3.63, 3.8) is 0 Å². The number of nitrogens with zero attached hydrogens (tertiary/aromatic N) is 1. The highest BCUT2D eigenvalue weighted by Gasteiger charge is 2.48. The van der Waals surface area contributed by atoms with Gasteiger partial charge in [-0.25, -0.2) is 0 Å². The molecule has 1 heterocycles. The van der Waals surface area contributed by atoms with Crippen molar-refractivity contribution in [3.8, 4) is 0 Å². The van der Waals surface area contributed by atoms with Gasteiger partial charge in [-0.15, -0.1) is 0 Å². The molecule has 1 aliphatic heterocycles. The van der Waals surface area contributed by atoms with Crippen LogP contribution >= 0.6 is 11.8 Å². The fourth-order valence-electron chi connectivity index (χ4n) is 3.27. The summed E-state index contributed by atoms with van der Waals surface area (Å²) in [5.74, 6) is 1.08. The van der Waals surface area contributed by atoms with E-state index in [0.29, 0.717) is 0 Å². The van der Waals surface area contributed by atoms with E-state index in [0.717, 1.165) is 37.9 Å². The van der Waals surface area contributed by atoms with Crippen molar-refractivity contribution >= 4 is 23.6 Å². The van der Waals surface area contributed by atoms with E-state index >= 15 is 0 Å². The first kappa shape index (κ1) is 14.7. The fourth-order valence-corrected chi connectivity index (χ4v) is 4.07. The fraction of sp³-hybridized carbons (Fsp3) is 0.857. The van der Waals surface area contributed by atoms with E-state index in [1.807, 2.05) is 11.2 Å². The number of carbonyl (C=O) groups excluding carboxylic acids is 2. The van der Waals surface area contributed by atoms with Crippen molar-refractivity contribution in [1.29, 1.82) is 0 Å². The molecular formula is C14H24N2O2S. The smallest absolute Gasteiger partial charge is 0.249 e. The van der Waals surface area contributed by atoms with E-state index in [4.69, 9.17) is 0 Å². The van der Waals surface area contributed by atoms with Gasteiger partial charge in [-0.2, -0.15) is 11.8 Å². The largest absolute Gasteiger partial charge is 0.340 e. The number of nitrogens with one attached hydrogen (secondary N) is 1. The number of hydrogen-bond donors (Lipinski definition) is 1. The molecule has 19 heavy (non-hydrogen) atoms. The molecule has 108 valence electrons. The zero-order valence-corrected chi connectivity index (χ0v) is 12.7. The Balaban J connectivity index is 2.19. The zero-order chi connectivity index (χ0) is 13.9. The van der Waals surface area contributed by atoms with Gasteiger partial charge in [-0.05, 0) is 25.5 Å². The molecular weight excluding hydrogens is 260 g/mol. The minimum atomic E-state index is -0.584. The molecule has 0 aromatic heterocycles. The highest BCUT2D eigenvalue weighted by Crippen LogP contribution is 2.33. The second-order valence-electron chi connectivity index (χ2n) is 5.64. The van der Waals surface area contributed by atoms with Gasteiger partial charge in [-0.3, -0.25) is 9.59 Å². The maximum absolute atomic E-state index is 12.8. The molecule has 1 N–H and O–H groups in total. The standard InChI is InChI=1S/C14H24N2O2S/c1-3-11(10-19-2)16-9-12(17)15-14(13(16)18)7-5-4-6-8-14/h11H,3-10H2,1-2H3,(H,15,17). The van der Waals surface area contributed by atoms with Crippen molar-refractivity contribution in [1.82, 2.24) is 10.2 Å². The van der Waals surface area contributed by atoms with Crippen LogP contribution in [0.5, 0.6) is 0 Å². The lowest BCUT2D eigenvalue weighted by Gasteiger charge is -2.46. The summed E-state index contributed by atoms with van der Waals surface area (Å²) < 4.78 is 0. The summed E-state index contributed by atoms with van der Waals surface area (Å²) in [6.45, 7) is 2.33. The van der Waals surface area contributed by atoms with Gasteiger partial charge in [0.05, 0.1) is 6.54 Å². The Hall–Kier alpha value is -0.710. The van der Waals surface area contributed by atoms with Gasteiger partial charge in [0.25, 0.3) is 0 Å². The summed E-state index contributed by atoms with van der Waals surface area (Å²) in [5.41, 5.74) is -0.584. The first-order chi connectivity index (χ1) is 9.13. The average Bonchev–Trinajstić information content (AvgIpc) is 2.41. The van der Waals surface area contributed by atoms with Gasteiger partial charge in [0.2, 0.25) is 11.8 Å². The van der Waals surface area contributed by atoms with Crippen molar-refractivity contribution < 1.29 is 9.59 Å². The van der Waals surface area contributed by atoms with E-state index in [1.54, 1.807) is 11.8 Å². The maximum atomic E-state index is 12.8. The van der Waals surface area contributed by atoms with Gasteiger partial charge < -0.3 is 10.2 Å².